The number of aryl methyl sites for hydroxylation is 1. The van der Waals surface area contributed by atoms with E-state index in [-0.39, 0.29) is 0 Å². The van der Waals surface area contributed by atoms with Crippen LogP contribution in [0.1, 0.15) is 29.5 Å². The average Bonchev–Trinajstić information content (AvgIpc) is 3.31. The van der Waals surface area contributed by atoms with Crippen LogP contribution in [0.5, 0.6) is 0 Å². The normalized spacial score (nSPS) is 18.8. The molecule has 1 fully saturated rings. The molecule has 2 aliphatic heterocycles. The second-order valence-corrected chi connectivity index (χ2v) is 7.97. The van der Waals surface area contributed by atoms with Crippen molar-refractivity contribution in [1.29, 1.82) is 0 Å². The zero-order valence-corrected chi connectivity index (χ0v) is 16.1. The third-order valence-electron chi connectivity index (χ3n) is 5.99. The van der Waals surface area contributed by atoms with E-state index in [0.29, 0.717) is 6.04 Å². The summed E-state index contributed by atoms with van der Waals surface area (Å²) < 4.78 is 0. The van der Waals surface area contributed by atoms with Crippen LogP contribution in [-0.2, 0) is 12.8 Å². The van der Waals surface area contributed by atoms with Gasteiger partial charge in [-0.05, 0) is 53.6 Å². The highest BCUT2D eigenvalue weighted by molar-refractivity contribution is 6.32. The van der Waals surface area contributed by atoms with Crippen molar-refractivity contribution in [2.75, 3.05) is 13.1 Å². The molecule has 5 rings (SSSR count). The summed E-state index contributed by atoms with van der Waals surface area (Å²) in [7, 11) is 0. The van der Waals surface area contributed by atoms with Gasteiger partial charge in [-0.25, -0.2) is 0 Å². The molecule has 0 amide bonds. The summed E-state index contributed by atoms with van der Waals surface area (Å²) in [4.78, 5) is 7.37. The van der Waals surface area contributed by atoms with Crippen molar-refractivity contribution in [3.63, 3.8) is 0 Å². The lowest BCUT2D eigenvalue weighted by Crippen LogP contribution is -2.32. The number of rotatable bonds is 4. The molecule has 3 heteroatoms. The number of fused-ring (bicyclic) bond motifs is 2. The summed E-state index contributed by atoms with van der Waals surface area (Å²) in [6, 6.07) is 22.1. The molecule has 0 unspecified atom stereocenters. The van der Waals surface area contributed by atoms with Crippen molar-refractivity contribution >= 4 is 28.2 Å². The molecule has 2 aliphatic rings. The fourth-order valence-electron chi connectivity index (χ4n) is 4.62. The quantitative estimate of drug-likeness (QED) is 0.588. The highest BCUT2D eigenvalue weighted by Gasteiger charge is 2.33. The van der Waals surface area contributed by atoms with Crippen LogP contribution in [0.4, 0.5) is 0 Å². The van der Waals surface area contributed by atoms with Crippen molar-refractivity contribution in [3.8, 4) is 0 Å². The van der Waals surface area contributed by atoms with Crippen molar-refractivity contribution in [2.24, 2.45) is 4.99 Å². The van der Waals surface area contributed by atoms with Gasteiger partial charge in [0.15, 0.2) is 0 Å². The molecule has 1 atom stereocenters. The number of amidine groups is 1. The van der Waals surface area contributed by atoms with E-state index >= 15 is 0 Å². The first-order valence-electron chi connectivity index (χ1n) is 9.87. The van der Waals surface area contributed by atoms with E-state index in [1.54, 1.807) is 0 Å². The number of hydrogen-bond acceptors (Lipinski definition) is 2. The molecule has 0 spiro atoms. The Morgan fingerprint density at radius 3 is 2.78 bits per heavy atom. The van der Waals surface area contributed by atoms with Crippen LogP contribution in [0.2, 0.25) is 5.02 Å². The summed E-state index contributed by atoms with van der Waals surface area (Å²) in [5.74, 6) is 1.16. The molecule has 27 heavy (non-hydrogen) atoms. The maximum atomic E-state index is 6.66. The third-order valence-corrected chi connectivity index (χ3v) is 6.34. The monoisotopic (exact) mass is 374 g/mol. The van der Waals surface area contributed by atoms with Crippen LogP contribution >= 0.6 is 11.6 Å². The molecule has 0 aliphatic carbocycles. The van der Waals surface area contributed by atoms with E-state index in [1.165, 1.54) is 40.3 Å². The Morgan fingerprint density at radius 2 is 1.81 bits per heavy atom. The molecule has 136 valence electrons. The molecule has 0 N–H and O–H groups in total. The molecule has 2 nitrogen and oxygen atoms in total. The van der Waals surface area contributed by atoms with Gasteiger partial charge in [0.2, 0.25) is 0 Å². The highest BCUT2D eigenvalue weighted by atomic mass is 35.5. The van der Waals surface area contributed by atoms with Crippen LogP contribution in [0.25, 0.3) is 10.8 Å². The van der Waals surface area contributed by atoms with Gasteiger partial charge in [0, 0.05) is 17.1 Å². The first-order chi connectivity index (χ1) is 13.3. The van der Waals surface area contributed by atoms with Gasteiger partial charge in [0.05, 0.1) is 12.6 Å². The van der Waals surface area contributed by atoms with Gasteiger partial charge in [0.25, 0.3) is 0 Å². The van der Waals surface area contributed by atoms with Crippen molar-refractivity contribution < 1.29 is 0 Å². The molecule has 0 aromatic heterocycles. The van der Waals surface area contributed by atoms with Crippen molar-refractivity contribution in [1.82, 2.24) is 4.90 Å². The summed E-state index contributed by atoms with van der Waals surface area (Å²) in [5.41, 5.74) is 3.84. The van der Waals surface area contributed by atoms with Crippen molar-refractivity contribution in [2.45, 2.75) is 31.7 Å². The van der Waals surface area contributed by atoms with Crippen LogP contribution in [0.3, 0.4) is 0 Å². The highest BCUT2D eigenvalue weighted by Crippen LogP contribution is 2.31. The Labute approximate surface area is 165 Å². The largest absolute Gasteiger partial charge is 0.352 e. The summed E-state index contributed by atoms with van der Waals surface area (Å²) in [6.07, 6.45) is 4.45. The first kappa shape index (κ1) is 16.8. The molecule has 3 aromatic carbocycles. The fraction of sp³-hybridized carbons (Fsp3) is 0.292. The zero-order chi connectivity index (χ0) is 18.2. The average molecular weight is 375 g/mol. The predicted molar refractivity (Wildman–Crippen MR) is 114 cm³/mol. The van der Waals surface area contributed by atoms with E-state index in [2.05, 4.69) is 59.5 Å². The lowest BCUT2D eigenvalue weighted by atomic mass is 9.95. The lowest BCUT2D eigenvalue weighted by molar-refractivity contribution is 0.431. The molecule has 0 saturated carbocycles. The topological polar surface area (TPSA) is 15.6 Å². The second kappa shape index (κ2) is 7.01. The Bertz CT molecular complexity index is 1020. The third kappa shape index (κ3) is 3.02. The Kier molecular flexibility index (Phi) is 4.37. The fourth-order valence-corrected chi connectivity index (χ4v) is 4.89. The van der Waals surface area contributed by atoms with Crippen molar-refractivity contribution in [3.05, 3.63) is 82.4 Å². The van der Waals surface area contributed by atoms with Gasteiger partial charge in [-0.2, -0.15) is 0 Å². The smallest absolute Gasteiger partial charge is 0.131 e. The van der Waals surface area contributed by atoms with Crippen LogP contribution in [0, 0.1) is 0 Å². The van der Waals surface area contributed by atoms with Gasteiger partial charge in [-0.15, -0.1) is 0 Å². The molecule has 2 heterocycles. The number of halogens is 1. The minimum atomic E-state index is 0.602. The molecule has 3 aromatic rings. The van der Waals surface area contributed by atoms with Gasteiger partial charge < -0.3 is 4.90 Å². The molecular weight excluding hydrogens is 352 g/mol. The van der Waals surface area contributed by atoms with Gasteiger partial charge in [-0.1, -0.05) is 66.2 Å². The Hall–Kier alpha value is -2.32. The first-order valence-corrected chi connectivity index (χ1v) is 10.2. The van der Waals surface area contributed by atoms with Gasteiger partial charge in [0.1, 0.15) is 5.84 Å². The molecule has 0 radical (unpaired) electrons. The van der Waals surface area contributed by atoms with E-state index in [1.807, 2.05) is 6.07 Å². The predicted octanol–water partition coefficient (Wildman–Crippen LogP) is 5.50. The maximum Gasteiger partial charge on any atom is 0.131 e. The molecule has 1 saturated heterocycles. The Morgan fingerprint density at radius 1 is 0.963 bits per heavy atom. The number of benzene rings is 3. The van der Waals surface area contributed by atoms with Crippen LogP contribution in [0.15, 0.2) is 65.7 Å². The standard InChI is InChI=1S/C24H23ClN2/c25-23-12-4-11-22(24-26-16-19-9-5-15-27(19)24)21(23)14-13-18-8-3-7-17-6-1-2-10-20(17)18/h1-4,6-8,10-12,19H,5,9,13-16H2/t19-/m0/s1. The second-order valence-electron chi connectivity index (χ2n) is 7.56. The summed E-state index contributed by atoms with van der Waals surface area (Å²) >= 11 is 6.66. The SMILES string of the molecule is Clc1cccc(C2=NC[C@@H]3CCCN23)c1CCc1cccc2ccccc12. The zero-order valence-electron chi connectivity index (χ0n) is 15.4. The minimum Gasteiger partial charge on any atom is -0.352 e. The maximum absolute atomic E-state index is 6.66. The van der Waals surface area contributed by atoms with Gasteiger partial charge in [-0.3, -0.25) is 4.99 Å². The summed E-state index contributed by atoms with van der Waals surface area (Å²) in [5, 5.41) is 3.50. The lowest BCUT2D eigenvalue weighted by Gasteiger charge is -2.22. The van der Waals surface area contributed by atoms with Gasteiger partial charge >= 0.3 is 0 Å². The van der Waals surface area contributed by atoms with E-state index in [9.17, 15) is 0 Å². The number of hydrogen-bond donors (Lipinski definition) is 0. The van der Waals surface area contributed by atoms with Crippen LogP contribution < -0.4 is 0 Å². The number of aliphatic imine (C=N–C) groups is 1. The molecule has 0 bridgehead atoms. The van der Waals surface area contributed by atoms with E-state index in [4.69, 9.17) is 16.6 Å². The minimum absolute atomic E-state index is 0.602. The number of nitrogens with zero attached hydrogens (tertiary/aromatic N) is 2. The summed E-state index contributed by atoms with van der Waals surface area (Å²) in [6.45, 7) is 2.06. The van der Waals surface area contributed by atoms with Crippen LogP contribution in [-0.4, -0.2) is 29.9 Å². The molecular formula is C24H23ClN2. The Balaban J connectivity index is 1.47. The van der Waals surface area contributed by atoms with E-state index in [0.717, 1.165) is 36.8 Å². The van der Waals surface area contributed by atoms with E-state index < -0.39 is 0 Å².